The molecule has 1 aromatic carbocycles. The van der Waals surface area contributed by atoms with E-state index in [-0.39, 0.29) is 0 Å². The van der Waals surface area contributed by atoms with Crippen molar-refractivity contribution < 1.29 is 14.6 Å². The Bertz CT molecular complexity index is 328. The van der Waals surface area contributed by atoms with E-state index in [0.717, 1.165) is 0 Å². The van der Waals surface area contributed by atoms with Crippen LogP contribution in [0, 0.1) is 5.92 Å². The standard InChI is InChI=1S/C13H16O3/c14-13(12-8-2-1-3-9-12)16-15-10-11-6-4-5-7-11/h1-3,8-9,11H,4-7,10H2. The highest BCUT2D eigenvalue weighted by atomic mass is 17.2. The van der Waals surface area contributed by atoms with Crippen LogP contribution in [0.5, 0.6) is 0 Å². The van der Waals surface area contributed by atoms with Gasteiger partial charge < -0.3 is 0 Å². The van der Waals surface area contributed by atoms with Crippen molar-refractivity contribution in [1.29, 1.82) is 0 Å². The monoisotopic (exact) mass is 220 g/mol. The maximum absolute atomic E-state index is 11.5. The minimum Gasteiger partial charge on any atom is -0.293 e. The van der Waals surface area contributed by atoms with Gasteiger partial charge in [-0.15, -0.1) is 0 Å². The van der Waals surface area contributed by atoms with Crippen LogP contribution < -0.4 is 0 Å². The van der Waals surface area contributed by atoms with Crippen LogP contribution >= 0.6 is 0 Å². The quantitative estimate of drug-likeness (QED) is 0.578. The molecule has 2 rings (SSSR count). The lowest BCUT2D eigenvalue weighted by atomic mass is 10.1. The molecule has 0 aliphatic heterocycles. The zero-order valence-corrected chi connectivity index (χ0v) is 9.22. The van der Waals surface area contributed by atoms with Crippen molar-refractivity contribution in [2.75, 3.05) is 6.61 Å². The number of hydrogen-bond acceptors (Lipinski definition) is 3. The minimum absolute atomic E-state index is 0.418. The largest absolute Gasteiger partial charge is 0.373 e. The van der Waals surface area contributed by atoms with Gasteiger partial charge in [-0.2, -0.15) is 4.89 Å². The molecule has 0 bridgehead atoms. The van der Waals surface area contributed by atoms with Crippen molar-refractivity contribution in [2.24, 2.45) is 5.92 Å². The lowest BCUT2D eigenvalue weighted by Crippen LogP contribution is -2.11. The number of carbonyl (C=O) groups excluding carboxylic acids is 1. The molecule has 0 amide bonds. The van der Waals surface area contributed by atoms with E-state index in [1.807, 2.05) is 6.07 Å². The van der Waals surface area contributed by atoms with Crippen LogP contribution in [0.4, 0.5) is 0 Å². The molecule has 0 aromatic heterocycles. The van der Waals surface area contributed by atoms with E-state index in [4.69, 9.17) is 9.78 Å². The van der Waals surface area contributed by atoms with E-state index in [9.17, 15) is 4.79 Å². The summed E-state index contributed by atoms with van der Waals surface area (Å²) in [6.07, 6.45) is 4.90. The van der Waals surface area contributed by atoms with Gasteiger partial charge in [-0.3, -0.25) is 4.89 Å². The molecule has 1 aliphatic carbocycles. The molecule has 0 radical (unpaired) electrons. The van der Waals surface area contributed by atoms with Gasteiger partial charge in [-0.05, 0) is 30.9 Å². The number of hydrogen-bond donors (Lipinski definition) is 0. The molecule has 0 spiro atoms. The smallest absolute Gasteiger partial charge is 0.293 e. The van der Waals surface area contributed by atoms with E-state index in [1.54, 1.807) is 24.3 Å². The summed E-state index contributed by atoms with van der Waals surface area (Å²) < 4.78 is 0. The van der Waals surface area contributed by atoms with E-state index in [2.05, 4.69) is 0 Å². The molecule has 3 heteroatoms. The normalized spacial score (nSPS) is 16.2. The highest BCUT2D eigenvalue weighted by molar-refractivity contribution is 5.88. The molecule has 1 aromatic rings. The van der Waals surface area contributed by atoms with Crippen molar-refractivity contribution in [1.82, 2.24) is 0 Å². The zero-order chi connectivity index (χ0) is 11.2. The molecule has 0 saturated heterocycles. The second-order valence-electron chi connectivity index (χ2n) is 4.17. The van der Waals surface area contributed by atoms with Gasteiger partial charge in [-0.1, -0.05) is 31.0 Å². The molecular formula is C13H16O3. The molecule has 1 aliphatic rings. The van der Waals surface area contributed by atoms with Crippen LogP contribution in [0.25, 0.3) is 0 Å². The summed E-state index contributed by atoms with van der Waals surface area (Å²) in [7, 11) is 0. The second kappa shape index (κ2) is 5.66. The predicted octanol–water partition coefficient (Wildman–Crippen LogP) is 2.97. The molecule has 0 N–H and O–H groups in total. The van der Waals surface area contributed by atoms with Gasteiger partial charge in [0.25, 0.3) is 0 Å². The van der Waals surface area contributed by atoms with Crippen molar-refractivity contribution in [3.05, 3.63) is 35.9 Å². The number of rotatable bonds is 4. The molecule has 86 valence electrons. The van der Waals surface area contributed by atoms with Gasteiger partial charge in [0.2, 0.25) is 0 Å². The average Bonchev–Trinajstić information content (AvgIpc) is 2.83. The number of benzene rings is 1. The van der Waals surface area contributed by atoms with Crippen LogP contribution in [0.1, 0.15) is 36.0 Å². The molecule has 1 saturated carbocycles. The van der Waals surface area contributed by atoms with Crippen LogP contribution in [0.3, 0.4) is 0 Å². The SMILES string of the molecule is O=C(OOCC1CCCC1)c1ccccc1. The Morgan fingerprint density at radius 3 is 2.56 bits per heavy atom. The second-order valence-corrected chi connectivity index (χ2v) is 4.17. The zero-order valence-electron chi connectivity index (χ0n) is 9.22. The Hall–Kier alpha value is -1.35. The highest BCUT2D eigenvalue weighted by Gasteiger charge is 2.16. The number of carbonyl (C=O) groups is 1. The van der Waals surface area contributed by atoms with Crippen molar-refractivity contribution >= 4 is 5.97 Å². The third-order valence-corrected chi connectivity index (χ3v) is 2.92. The van der Waals surface area contributed by atoms with Gasteiger partial charge >= 0.3 is 5.97 Å². The first kappa shape index (κ1) is 11.1. The molecule has 0 unspecified atom stereocenters. The van der Waals surface area contributed by atoms with E-state index < -0.39 is 5.97 Å². The first-order valence-corrected chi connectivity index (χ1v) is 5.75. The van der Waals surface area contributed by atoms with Crippen LogP contribution in [0.15, 0.2) is 30.3 Å². The molecule has 3 nitrogen and oxygen atoms in total. The van der Waals surface area contributed by atoms with Gasteiger partial charge in [0.05, 0.1) is 12.2 Å². The first-order valence-electron chi connectivity index (χ1n) is 5.75. The topological polar surface area (TPSA) is 35.5 Å². The Labute approximate surface area is 95.3 Å². The third kappa shape index (κ3) is 3.07. The lowest BCUT2D eigenvalue weighted by Gasteiger charge is -2.08. The Morgan fingerprint density at radius 1 is 1.19 bits per heavy atom. The van der Waals surface area contributed by atoms with Crippen molar-refractivity contribution in [3.63, 3.8) is 0 Å². The van der Waals surface area contributed by atoms with Crippen LogP contribution in [0.2, 0.25) is 0 Å². The van der Waals surface area contributed by atoms with E-state index in [1.165, 1.54) is 25.7 Å². The van der Waals surface area contributed by atoms with Crippen molar-refractivity contribution in [2.45, 2.75) is 25.7 Å². The van der Waals surface area contributed by atoms with Crippen LogP contribution in [-0.2, 0) is 9.78 Å². The fourth-order valence-corrected chi connectivity index (χ4v) is 1.98. The molecule has 0 atom stereocenters. The molecular weight excluding hydrogens is 204 g/mol. The molecule has 16 heavy (non-hydrogen) atoms. The van der Waals surface area contributed by atoms with Crippen molar-refractivity contribution in [3.8, 4) is 0 Å². The van der Waals surface area contributed by atoms with Gasteiger partial charge in [0.15, 0.2) is 0 Å². The fourth-order valence-electron chi connectivity index (χ4n) is 1.98. The lowest BCUT2D eigenvalue weighted by molar-refractivity contribution is -0.248. The fraction of sp³-hybridized carbons (Fsp3) is 0.462. The van der Waals surface area contributed by atoms with Gasteiger partial charge in [0.1, 0.15) is 0 Å². The predicted molar refractivity (Wildman–Crippen MR) is 59.8 cm³/mol. The summed E-state index contributed by atoms with van der Waals surface area (Å²) in [4.78, 5) is 21.2. The summed E-state index contributed by atoms with van der Waals surface area (Å²) in [6, 6.07) is 8.87. The summed E-state index contributed by atoms with van der Waals surface area (Å²) in [6.45, 7) is 0.526. The maximum Gasteiger partial charge on any atom is 0.373 e. The van der Waals surface area contributed by atoms with Gasteiger partial charge in [0, 0.05) is 0 Å². The summed E-state index contributed by atoms with van der Waals surface area (Å²) in [5, 5.41) is 0. The highest BCUT2D eigenvalue weighted by Crippen LogP contribution is 2.24. The summed E-state index contributed by atoms with van der Waals surface area (Å²) in [5.41, 5.74) is 0.522. The summed E-state index contributed by atoms with van der Waals surface area (Å²) in [5.74, 6) is 0.141. The minimum atomic E-state index is -0.418. The van der Waals surface area contributed by atoms with Gasteiger partial charge in [-0.25, -0.2) is 4.79 Å². The Morgan fingerprint density at radius 2 is 1.88 bits per heavy atom. The average molecular weight is 220 g/mol. The Kier molecular flexibility index (Phi) is 3.94. The van der Waals surface area contributed by atoms with Crippen LogP contribution in [-0.4, -0.2) is 12.6 Å². The first-order chi connectivity index (χ1) is 7.86. The van der Waals surface area contributed by atoms with E-state index in [0.29, 0.717) is 18.1 Å². The molecule has 1 fully saturated rings. The maximum atomic E-state index is 11.5. The summed E-state index contributed by atoms with van der Waals surface area (Å²) >= 11 is 0. The van der Waals surface area contributed by atoms with E-state index >= 15 is 0 Å². The molecule has 0 heterocycles. The Balaban J connectivity index is 1.71. The third-order valence-electron chi connectivity index (χ3n) is 2.92.